The Hall–Kier alpha value is -0.860. The molecule has 0 spiro atoms. The van der Waals surface area contributed by atoms with Crippen LogP contribution in [0.4, 0.5) is 0 Å². The molecule has 1 fully saturated rings. The fraction of sp³-hybridized carbons (Fsp3) is 0.625. The molecule has 0 amide bonds. The first-order valence-corrected chi connectivity index (χ1v) is 7.03. The largest absolute Gasteiger partial charge is 0.395 e. The molecule has 100 valence electrons. The van der Waals surface area contributed by atoms with Gasteiger partial charge in [-0.3, -0.25) is 0 Å². The minimum Gasteiger partial charge on any atom is -0.395 e. The molecule has 2 nitrogen and oxygen atoms in total. The van der Waals surface area contributed by atoms with Crippen molar-refractivity contribution in [1.82, 2.24) is 5.32 Å². The normalized spacial score (nSPS) is 20.9. The van der Waals surface area contributed by atoms with Crippen LogP contribution in [-0.4, -0.2) is 24.8 Å². The van der Waals surface area contributed by atoms with Gasteiger partial charge in [0.1, 0.15) is 0 Å². The van der Waals surface area contributed by atoms with E-state index in [2.05, 4.69) is 43.4 Å². The Balaban J connectivity index is 2.07. The smallest absolute Gasteiger partial charge is 0.0522 e. The van der Waals surface area contributed by atoms with E-state index in [-0.39, 0.29) is 12.0 Å². The van der Waals surface area contributed by atoms with Gasteiger partial charge in [-0.1, -0.05) is 38.1 Å². The average Bonchev–Trinajstić information content (AvgIpc) is 2.40. The maximum atomic E-state index is 9.45. The lowest BCUT2D eigenvalue weighted by molar-refractivity contribution is 0.218. The van der Waals surface area contributed by atoms with Gasteiger partial charge in [0, 0.05) is 5.41 Å². The molecule has 0 aliphatic carbocycles. The summed E-state index contributed by atoms with van der Waals surface area (Å²) >= 11 is 0. The van der Waals surface area contributed by atoms with Crippen LogP contribution in [0.2, 0.25) is 0 Å². The molecule has 1 heterocycles. The van der Waals surface area contributed by atoms with E-state index in [1.165, 1.54) is 30.5 Å². The molecule has 2 heteroatoms. The minimum absolute atomic E-state index is 0.138. The number of hydrogen-bond donors (Lipinski definition) is 2. The second-order valence-corrected chi connectivity index (χ2v) is 6.16. The number of benzene rings is 1. The quantitative estimate of drug-likeness (QED) is 0.857. The third-order valence-electron chi connectivity index (χ3n) is 4.03. The van der Waals surface area contributed by atoms with E-state index in [1.807, 2.05) is 0 Å². The lowest BCUT2D eigenvalue weighted by Crippen LogP contribution is -2.31. The first kappa shape index (κ1) is 13.6. The molecular weight excluding hydrogens is 222 g/mol. The fourth-order valence-corrected chi connectivity index (χ4v) is 2.64. The van der Waals surface area contributed by atoms with Crippen LogP contribution in [0.1, 0.15) is 37.8 Å². The molecule has 1 unspecified atom stereocenters. The zero-order chi connectivity index (χ0) is 13.0. The van der Waals surface area contributed by atoms with Crippen molar-refractivity contribution in [1.29, 1.82) is 0 Å². The van der Waals surface area contributed by atoms with Gasteiger partial charge in [0.2, 0.25) is 0 Å². The summed E-state index contributed by atoms with van der Waals surface area (Å²) in [6, 6.07) is 8.73. The Bertz CT molecular complexity index is 380. The number of piperidine rings is 1. The Kier molecular flexibility index (Phi) is 4.41. The van der Waals surface area contributed by atoms with Crippen molar-refractivity contribution in [3.8, 4) is 0 Å². The van der Waals surface area contributed by atoms with Crippen LogP contribution in [0.15, 0.2) is 24.3 Å². The third-order valence-corrected chi connectivity index (χ3v) is 4.03. The van der Waals surface area contributed by atoms with Crippen molar-refractivity contribution in [2.24, 2.45) is 5.92 Å². The summed E-state index contributed by atoms with van der Waals surface area (Å²) in [5, 5.41) is 12.9. The van der Waals surface area contributed by atoms with Gasteiger partial charge < -0.3 is 10.4 Å². The van der Waals surface area contributed by atoms with E-state index in [0.29, 0.717) is 0 Å². The van der Waals surface area contributed by atoms with E-state index in [1.54, 1.807) is 0 Å². The van der Waals surface area contributed by atoms with Crippen molar-refractivity contribution in [2.75, 3.05) is 19.7 Å². The van der Waals surface area contributed by atoms with Crippen LogP contribution in [0.25, 0.3) is 0 Å². The molecule has 0 radical (unpaired) electrons. The van der Waals surface area contributed by atoms with E-state index in [4.69, 9.17) is 0 Å². The fourth-order valence-electron chi connectivity index (χ4n) is 2.64. The highest BCUT2D eigenvalue weighted by Gasteiger charge is 2.20. The highest BCUT2D eigenvalue weighted by molar-refractivity contribution is 5.29. The summed E-state index contributed by atoms with van der Waals surface area (Å²) in [6.45, 7) is 6.70. The van der Waals surface area contributed by atoms with Crippen LogP contribution >= 0.6 is 0 Å². The topological polar surface area (TPSA) is 32.3 Å². The molecule has 0 aromatic heterocycles. The molecule has 1 aliphatic rings. The number of aliphatic hydroxyl groups excluding tert-OH is 1. The second-order valence-electron chi connectivity index (χ2n) is 6.16. The molecule has 2 rings (SSSR count). The molecule has 1 aromatic carbocycles. The van der Waals surface area contributed by atoms with Gasteiger partial charge in [0.05, 0.1) is 6.61 Å². The molecule has 1 atom stereocenters. The number of nitrogens with one attached hydrogen (secondary N) is 1. The van der Waals surface area contributed by atoms with Crippen molar-refractivity contribution in [3.05, 3.63) is 35.4 Å². The predicted octanol–water partition coefficient (Wildman–Crippen LogP) is 2.50. The summed E-state index contributed by atoms with van der Waals surface area (Å²) < 4.78 is 0. The van der Waals surface area contributed by atoms with Gasteiger partial charge in [0.15, 0.2) is 0 Å². The maximum absolute atomic E-state index is 9.45. The Morgan fingerprint density at radius 3 is 2.89 bits per heavy atom. The van der Waals surface area contributed by atoms with Crippen LogP contribution in [0.5, 0.6) is 0 Å². The standard InChI is InChI=1S/C16H25NO/c1-16(2,12-18)15-7-3-5-13(10-15)9-14-6-4-8-17-11-14/h3,5,7,10,14,17-18H,4,6,8-9,11-12H2,1-2H3. The van der Waals surface area contributed by atoms with Crippen molar-refractivity contribution in [2.45, 2.75) is 38.5 Å². The third kappa shape index (κ3) is 3.33. The molecule has 1 saturated heterocycles. The second kappa shape index (κ2) is 5.85. The monoisotopic (exact) mass is 247 g/mol. The Morgan fingerprint density at radius 2 is 2.22 bits per heavy atom. The van der Waals surface area contributed by atoms with Gasteiger partial charge in [0.25, 0.3) is 0 Å². The zero-order valence-electron chi connectivity index (χ0n) is 11.6. The van der Waals surface area contributed by atoms with E-state index in [9.17, 15) is 5.11 Å². The summed E-state index contributed by atoms with van der Waals surface area (Å²) in [5.74, 6) is 0.770. The Morgan fingerprint density at radius 1 is 1.39 bits per heavy atom. The molecule has 0 bridgehead atoms. The molecule has 1 aromatic rings. The number of rotatable bonds is 4. The van der Waals surface area contributed by atoms with E-state index >= 15 is 0 Å². The van der Waals surface area contributed by atoms with Crippen LogP contribution in [-0.2, 0) is 11.8 Å². The number of aliphatic hydroxyl groups is 1. The molecule has 0 saturated carbocycles. The number of hydrogen-bond acceptors (Lipinski definition) is 2. The predicted molar refractivity (Wildman–Crippen MR) is 75.9 cm³/mol. The minimum atomic E-state index is -0.138. The first-order valence-electron chi connectivity index (χ1n) is 7.03. The first-order chi connectivity index (χ1) is 8.62. The summed E-state index contributed by atoms with van der Waals surface area (Å²) in [7, 11) is 0. The van der Waals surface area contributed by atoms with Crippen LogP contribution in [0, 0.1) is 5.92 Å². The van der Waals surface area contributed by atoms with Crippen molar-refractivity contribution < 1.29 is 5.11 Å². The average molecular weight is 247 g/mol. The highest BCUT2D eigenvalue weighted by Crippen LogP contribution is 2.25. The van der Waals surface area contributed by atoms with Crippen molar-refractivity contribution in [3.63, 3.8) is 0 Å². The van der Waals surface area contributed by atoms with Gasteiger partial charge in [-0.05, 0) is 49.4 Å². The van der Waals surface area contributed by atoms with Crippen molar-refractivity contribution >= 4 is 0 Å². The van der Waals surface area contributed by atoms with Gasteiger partial charge >= 0.3 is 0 Å². The molecule has 2 N–H and O–H groups in total. The SMILES string of the molecule is CC(C)(CO)c1cccc(CC2CCCNC2)c1. The zero-order valence-corrected chi connectivity index (χ0v) is 11.6. The lowest BCUT2D eigenvalue weighted by Gasteiger charge is -2.25. The van der Waals surface area contributed by atoms with Gasteiger partial charge in [-0.25, -0.2) is 0 Å². The Labute approximate surface area is 110 Å². The summed E-state index contributed by atoms with van der Waals surface area (Å²) in [6.07, 6.45) is 3.79. The molecule has 1 aliphatic heterocycles. The van der Waals surface area contributed by atoms with E-state index < -0.39 is 0 Å². The molecular formula is C16H25NO. The summed E-state index contributed by atoms with van der Waals surface area (Å²) in [5.41, 5.74) is 2.51. The van der Waals surface area contributed by atoms with Crippen LogP contribution in [0.3, 0.4) is 0 Å². The van der Waals surface area contributed by atoms with Crippen LogP contribution < -0.4 is 5.32 Å². The van der Waals surface area contributed by atoms with Gasteiger partial charge in [-0.15, -0.1) is 0 Å². The highest BCUT2D eigenvalue weighted by atomic mass is 16.3. The van der Waals surface area contributed by atoms with Gasteiger partial charge in [-0.2, -0.15) is 0 Å². The molecule has 18 heavy (non-hydrogen) atoms. The lowest BCUT2D eigenvalue weighted by atomic mass is 9.83. The maximum Gasteiger partial charge on any atom is 0.0522 e. The summed E-state index contributed by atoms with van der Waals surface area (Å²) in [4.78, 5) is 0. The van der Waals surface area contributed by atoms with E-state index in [0.717, 1.165) is 18.9 Å².